The lowest BCUT2D eigenvalue weighted by Crippen LogP contribution is -2.22. The maximum atomic E-state index is 11.7. The van der Waals surface area contributed by atoms with Crippen molar-refractivity contribution in [2.45, 2.75) is 30.6 Å². The lowest BCUT2D eigenvalue weighted by Gasteiger charge is -2.14. The van der Waals surface area contributed by atoms with Gasteiger partial charge in [0.2, 0.25) is 0 Å². The van der Waals surface area contributed by atoms with Crippen molar-refractivity contribution in [1.82, 2.24) is 9.88 Å². The summed E-state index contributed by atoms with van der Waals surface area (Å²) in [6, 6.07) is 4.24. The summed E-state index contributed by atoms with van der Waals surface area (Å²) in [5.74, 6) is 0.851. The van der Waals surface area contributed by atoms with Gasteiger partial charge in [0.1, 0.15) is 5.82 Å². The third kappa shape index (κ3) is 3.62. The van der Waals surface area contributed by atoms with E-state index in [1.165, 1.54) is 19.3 Å². The Morgan fingerprint density at radius 1 is 1.42 bits per heavy atom. The number of amides is 1. The molecule has 0 radical (unpaired) electrons. The Morgan fingerprint density at radius 2 is 2.21 bits per heavy atom. The topological polar surface area (TPSA) is 45.2 Å². The highest BCUT2D eigenvalue weighted by molar-refractivity contribution is 7.99. The van der Waals surface area contributed by atoms with Crippen LogP contribution in [0.25, 0.3) is 0 Å². The summed E-state index contributed by atoms with van der Waals surface area (Å²) in [5.41, 5.74) is 0.629. The van der Waals surface area contributed by atoms with E-state index in [-0.39, 0.29) is 5.91 Å². The summed E-state index contributed by atoms with van der Waals surface area (Å²) in [6.45, 7) is 0. The molecule has 0 bridgehead atoms. The molecule has 0 spiro atoms. The molecule has 2 rings (SSSR count). The number of hydrogen-bond donors (Lipinski definition) is 1. The van der Waals surface area contributed by atoms with E-state index in [0.717, 1.165) is 11.1 Å². The quantitative estimate of drug-likeness (QED) is 0.919. The number of hydrogen-bond acceptors (Lipinski definition) is 4. The van der Waals surface area contributed by atoms with E-state index in [4.69, 9.17) is 0 Å². The van der Waals surface area contributed by atoms with Gasteiger partial charge in [0.15, 0.2) is 0 Å². The van der Waals surface area contributed by atoms with E-state index in [2.05, 4.69) is 16.6 Å². The molecule has 1 aromatic heterocycles. The van der Waals surface area contributed by atoms with Gasteiger partial charge in [-0.05, 0) is 37.7 Å². The number of carbonyl (C=O) groups is 1. The van der Waals surface area contributed by atoms with Gasteiger partial charge in [0.05, 0.1) is 5.56 Å². The molecule has 2 atom stereocenters. The number of aromatic nitrogens is 1. The lowest BCUT2D eigenvalue weighted by molar-refractivity contribution is 0.0827. The fraction of sp³-hybridized carbons (Fsp3) is 0.571. The van der Waals surface area contributed by atoms with Crippen molar-refractivity contribution in [3.05, 3.63) is 23.9 Å². The minimum Gasteiger partial charge on any atom is -0.367 e. The van der Waals surface area contributed by atoms with Gasteiger partial charge in [-0.15, -0.1) is 0 Å². The second-order valence-corrected chi connectivity index (χ2v) is 6.28. The first-order valence-corrected chi connectivity index (χ1v) is 7.86. The first-order valence-electron chi connectivity index (χ1n) is 6.57. The maximum Gasteiger partial charge on any atom is 0.254 e. The first-order chi connectivity index (χ1) is 9.10. The molecule has 1 N–H and O–H groups in total. The maximum absolute atomic E-state index is 11.7. The molecule has 0 aliphatic heterocycles. The highest BCUT2D eigenvalue weighted by atomic mass is 32.2. The molecule has 1 heterocycles. The second-order valence-electron chi connectivity index (χ2n) is 5.14. The molecule has 1 saturated carbocycles. The van der Waals surface area contributed by atoms with Crippen LogP contribution in [0.2, 0.25) is 0 Å². The van der Waals surface area contributed by atoms with E-state index < -0.39 is 0 Å². The zero-order valence-electron chi connectivity index (χ0n) is 11.7. The molecule has 1 aromatic rings. The number of pyridine rings is 1. The van der Waals surface area contributed by atoms with Crippen LogP contribution < -0.4 is 5.32 Å². The third-order valence-corrected chi connectivity index (χ3v) is 4.58. The number of rotatable bonds is 4. The van der Waals surface area contributed by atoms with Gasteiger partial charge in [0.25, 0.3) is 5.91 Å². The van der Waals surface area contributed by atoms with Gasteiger partial charge in [0, 0.05) is 31.6 Å². The second kappa shape index (κ2) is 6.28. The molecule has 2 unspecified atom stereocenters. The number of anilines is 1. The zero-order chi connectivity index (χ0) is 13.8. The predicted octanol–water partition coefficient (Wildman–Crippen LogP) is 2.48. The Labute approximate surface area is 119 Å². The molecular weight excluding hydrogens is 258 g/mol. The summed E-state index contributed by atoms with van der Waals surface area (Å²) in [7, 11) is 3.49. The molecule has 0 saturated heterocycles. The van der Waals surface area contributed by atoms with Crippen molar-refractivity contribution in [2.75, 3.05) is 25.7 Å². The van der Waals surface area contributed by atoms with Crippen molar-refractivity contribution in [2.24, 2.45) is 0 Å². The number of thioether (sulfide) groups is 1. The lowest BCUT2D eigenvalue weighted by atomic mass is 10.2. The van der Waals surface area contributed by atoms with E-state index in [1.54, 1.807) is 25.2 Å². The minimum absolute atomic E-state index is 0.0117. The molecule has 4 nitrogen and oxygen atoms in total. The summed E-state index contributed by atoms with van der Waals surface area (Å²) >= 11 is 1.95. The van der Waals surface area contributed by atoms with Gasteiger partial charge in [-0.1, -0.05) is 0 Å². The molecule has 1 aliphatic rings. The molecule has 104 valence electrons. The smallest absolute Gasteiger partial charge is 0.254 e. The molecule has 19 heavy (non-hydrogen) atoms. The Balaban J connectivity index is 1.94. The standard InChI is InChI=1S/C14H21N3OS/c1-17(2)14(18)10-4-7-13(15-9-10)16-11-5-6-12(8-11)19-3/h4,7,9,11-12H,5-6,8H2,1-3H3,(H,15,16). The van der Waals surface area contributed by atoms with Gasteiger partial charge < -0.3 is 10.2 Å². The average Bonchev–Trinajstić information content (AvgIpc) is 2.86. The highest BCUT2D eigenvalue weighted by Gasteiger charge is 2.23. The van der Waals surface area contributed by atoms with E-state index >= 15 is 0 Å². The predicted molar refractivity (Wildman–Crippen MR) is 80.8 cm³/mol. The fourth-order valence-corrected chi connectivity index (χ4v) is 3.15. The van der Waals surface area contributed by atoms with E-state index in [0.29, 0.717) is 11.6 Å². The summed E-state index contributed by atoms with van der Waals surface area (Å²) in [6.07, 6.45) is 7.49. The first kappa shape index (κ1) is 14.2. The van der Waals surface area contributed by atoms with Crippen molar-refractivity contribution < 1.29 is 4.79 Å². The Bertz CT molecular complexity index is 433. The molecule has 1 amide bonds. The zero-order valence-corrected chi connectivity index (χ0v) is 12.5. The summed E-state index contributed by atoms with van der Waals surface area (Å²) in [5, 5.41) is 4.22. The summed E-state index contributed by atoms with van der Waals surface area (Å²) in [4.78, 5) is 17.6. The number of carbonyl (C=O) groups excluding carboxylic acids is 1. The normalized spacial score (nSPS) is 22.3. The SMILES string of the molecule is CSC1CCC(Nc2ccc(C(=O)N(C)C)cn2)C1. The van der Waals surface area contributed by atoms with E-state index in [1.807, 2.05) is 23.9 Å². The van der Waals surface area contributed by atoms with Crippen LogP contribution in [0.5, 0.6) is 0 Å². The molecule has 1 aliphatic carbocycles. The van der Waals surface area contributed by atoms with Crippen molar-refractivity contribution in [3.8, 4) is 0 Å². The Kier molecular flexibility index (Phi) is 4.69. The number of nitrogens with one attached hydrogen (secondary N) is 1. The average molecular weight is 279 g/mol. The van der Waals surface area contributed by atoms with Crippen molar-refractivity contribution in [3.63, 3.8) is 0 Å². The van der Waals surface area contributed by atoms with Crippen LogP contribution in [0.15, 0.2) is 18.3 Å². The minimum atomic E-state index is -0.0117. The third-order valence-electron chi connectivity index (χ3n) is 3.49. The van der Waals surface area contributed by atoms with Crippen LogP contribution in [0.3, 0.4) is 0 Å². The van der Waals surface area contributed by atoms with Crippen LogP contribution in [-0.2, 0) is 0 Å². The van der Waals surface area contributed by atoms with Gasteiger partial charge >= 0.3 is 0 Å². The molecule has 0 aromatic carbocycles. The largest absolute Gasteiger partial charge is 0.367 e. The van der Waals surface area contributed by atoms with Crippen LogP contribution in [-0.4, -0.2) is 47.4 Å². The Morgan fingerprint density at radius 3 is 2.74 bits per heavy atom. The van der Waals surface area contributed by atoms with Crippen LogP contribution in [0.1, 0.15) is 29.6 Å². The highest BCUT2D eigenvalue weighted by Crippen LogP contribution is 2.29. The Hall–Kier alpha value is -1.23. The molecule has 5 heteroatoms. The number of nitrogens with zero attached hydrogens (tertiary/aromatic N) is 2. The van der Waals surface area contributed by atoms with Gasteiger partial charge in [-0.3, -0.25) is 4.79 Å². The molecular formula is C14H21N3OS. The van der Waals surface area contributed by atoms with E-state index in [9.17, 15) is 4.79 Å². The summed E-state index contributed by atoms with van der Waals surface area (Å²) < 4.78 is 0. The van der Waals surface area contributed by atoms with Crippen molar-refractivity contribution >= 4 is 23.5 Å². The van der Waals surface area contributed by atoms with Gasteiger partial charge in [-0.25, -0.2) is 4.98 Å². The van der Waals surface area contributed by atoms with Crippen molar-refractivity contribution in [1.29, 1.82) is 0 Å². The van der Waals surface area contributed by atoms with Crippen LogP contribution >= 0.6 is 11.8 Å². The monoisotopic (exact) mass is 279 g/mol. The fourth-order valence-electron chi connectivity index (χ4n) is 2.36. The van der Waals surface area contributed by atoms with Crippen LogP contribution in [0.4, 0.5) is 5.82 Å². The van der Waals surface area contributed by atoms with Crippen LogP contribution in [0, 0.1) is 0 Å². The van der Waals surface area contributed by atoms with Gasteiger partial charge in [-0.2, -0.15) is 11.8 Å². The molecule has 1 fully saturated rings.